The first-order valence-electron chi connectivity index (χ1n) is 4.92. The molecule has 4 N–H and O–H groups in total. The number of ether oxygens (including phenoxy) is 1. The molecular weight excluding hydrogens is 242 g/mol. The van der Waals surface area contributed by atoms with Crippen LogP contribution in [0.25, 0.3) is 0 Å². The van der Waals surface area contributed by atoms with E-state index in [1.165, 1.54) is 10.9 Å². The molecule has 17 heavy (non-hydrogen) atoms. The maximum atomic E-state index is 11.2. The van der Waals surface area contributed by atoms with Gasteiger partial charge >= 0.3 is 0 Å². The number of nitrogens with zero attached hydrogens (tertiary/aromatic N) is 2. The van der Waals surface area contributed by atoms with E-state index < -0.39 is 5.91 Å². The zero-order chi connectivity index (χ0) is 12.8. The van der Waals surface area contributed by atoms with Gasteiger partial charge in [0.25, 0.3) is 5.91 Å². The summed E-state index contributed by atoms with van der Waals surface area (Å²) in [4.78, 5) is 11.2. The zero-order valence-electron chi connectivity index (χ0n) is 9.69. The van der Waals surface area contributed by atoms with Crippen molar-refractivity contribution in [3.8, 4) is 0 Å². The molecule has 0 atom stereocenters. The lowest BCUT2D eigenvalue weighted by atomic mass is 10.3. The monoisotopic (exact) mass is 257 g/mol. The van der Waals surface area contributed by atoms with Gasteiger partial charge in [-0.15, -0.1) is 0 Å². The van der Waals surface area contributed by atoms with E-state index in [1.807, 2.05) is 0 Å². The molecule has 8 heteroatoms. The molecule has 0 aliphatic carbocycles. The summed E-state index contributed by atoms with van der Waals surface area (Å²) < 4.78 is 6.26. The summed E-state index contributed by atoms with van der Waals surface area (Å²) in [6.45, 7) is 1.12. The summed E-state index contributed by atoms with van der Waals surface area (Å²) in [5, 5.41) is 10.1. The van der Waals surface area contributed by atoms with Crippen LogP contribution in [0.2, 0.25) is 0 Å². The van der Waals surface area contributed by atoms with Crippen LogP contribution in [0.1, 0.15) is 10.5 Å². The lowest BCUT2D eigenvalue weighted by Gasteiger charge is -2.09. The molecule has 0 saturated heterocycles. The van der Waals surface area contributed by atoms with E-state index in [2.05, 4.69) is 15.7 Å². The Hall–Kier alpha value is -1.67. The van der Waals surface area contributed by atoms with Crippen LogP contribution in [0.15, 0.2) is 6.20 Å². The molecule has 0 unspecified atom stereocenters. The molecule has 0 saturated carbocycles. The Kier molecular flexibility index (Phi) is 4.85. The first-order valence-corrected chi connectivity index (χ1v) is 5.32. The second-order valence-electron chi connectivity index (χ2n) is 3.27. The molecule has 1 aromatic rings. The van der Waals surface area contributed by atoms with Crippen molar-refractivity contribution in [2.24, 2.45) is 12.8 Å². The number of nitrogens with two attached hydrogens (primary N) is 1. The minimum Gasteiger partial charge on any atom is -0.383 e. The van der Waals surface area contributed by atoms with Crippen LogP contribution in [0.4, 0.5) is 5.69 Å². The maximum Gasteiger partial charge on any atom is 0.269 e. The predicted octanol–water partition coefficient (Wildman–Crippen LogP) is -0.548. The molecule has 94 valence electrons. The third-order valence-electron chi connectivity index (χ3n) is 2.01. The molecule has 0 fully saturated rings. The third-order valence-corrected chi connectivity index (χ3v) is 2.26. The molecule has 7 nitrogen and oxygen atoms in total. The first kappa shape index (κ1) is 13.4. The number of hydrogen-bond acceptors (Lipinski definition) is 4. The van der Waals surface area contributed by atoms with Crippen molar-refractivity contribution in [2.45, 2.75) is 0 Å². The van der Waals surface area contributed by atoms with E-state index >= 15 is 0 Å². The van der Waals surface area contributed by atoms with Crippen LogP contribution in [-0.4, -0.2) is 41.1 Å². The number of aryl methyl sites for hydroxylation is 1. The van der Waals surface area contributed by atoms with Gasteiger partial charge in [0, 0.05) is 20.7 Å². The molecule has 1 aromatic heterocycles. The SMILES string of the molecule is COCCNC(=S)Nc1cnn(C)c1C(N)=O. The highest BCUT2D eigenvalue weighted by atomic mass is 32.1. The normalized spacial score (nSPS) is 10.0. The molecule has 0 aliphatic heterocycles. The quantitative estimate of drug-likeness (QED) is 0.484. The number of methoxy groups -OCH3 is 1. The second kappa shape index (κ2) is 6.16. The Labute approximate surface area is 104 Å². The van der Waals surface area contributed by atoms with Gasteiger partial charge in [0.2, 0.25) is 0 Å². The van der Waals surface area contributed by atoms with Crippen LogP contribution in [0.5, 0.6) is 0 Å². The molecule has 1 amide bonds. The van der Waals surface area contributed by atoms with Crippen molar-refractivity contribution in [1.82, 2.24) is 15.1 Å². The fraction of sp³-hybridized carbons (Fsp3) is 0.444. The van der Waals surface area contributed by atoms with E-state index in [9.17, 15) is 4.79 Å². The number of thiocarbonyl (C=S) groups is 1. The minimum absolute atomic E-state index is 0.279. The Morgan fingerprint density at radius 3 is 3.00 bits per heavy atom. The van der Waals surface area contributed by atoms with Gasteiger partial charge in [-0.3, -0.25) is 9.48 Å². The molecule has 0 aromatic carbocycles. The average molecular weight is 257 g/mol. The first-order chi connectivity index (χ1) is 8.06. The van der Waals surface area contributed by atoms with Crippen molar-refractivity contribution in [3.63, 3.8) is 0 Å². The highest BCUT2D eigenvalue weighted by Crippen LogP contribution is 2.12. The smallest absolute Gasteiger partial charge is 0.269 e. The Bertz CT molecular complexity index is 418. The lowest BCUT2D eigenvalue weighted by Crippen LogP contribution is -2.32. The summed E-state index contributed by atoms with van der Waals surface area (Å²) in [5.41, 5.74) is 5.99. The Balaban J connectivity index is 2.62. The molecule has 0 spiro atoms. The number of primary amides is 1. The van der Waals surface area contributed by atoms with Gasteiger partial charge in [-0.25, -0.2) is 0 Å². The van der Waals surface area contributed by atoms with E-state index in [0.29, 0.717) is 24.0 Å². The van der Waals surface area contributed by atoms with Gasteiger partial charge in [-0.2, -0.15) is 5.10 Å². The highest BCUT2D eigenvalue weighted by molar-refractivity contribution is 7.80. The molecule has 1 rings (SSSR count). The number of rotatable bonds is 5. The summed E-state index contributed by atoms with van der Waals surface area (Å²) >= 11 is 5.04. The van der Waals surface area contributed by atoms with Gasteiger partial charge in [-0.05, 0) is 12.2 Å². The fourth-order valence-electron chi connectivity index (χ4n) is 1.25. The van der Waals surface area contributed by atoms with Crippen molar-refractivity contribution in [1.29, 1.82) is 0 Å². The highest BCUT2D eigenvalue weighted by Gasteiger charge is 2.14. The maximum absolute atomic E-state index is 11.2. The molecule has 1 heterocycles. The number of amides is 1. The number of hydrogen-bond donors (Lipinski definition) is 3. The van der Waals surface area contributed by atoms with Gasteiger partial charge < -0.3 is 21.1 Å². The van der Waals surface area contributed by atoms with E-state index in [4.69, 9.17) is 22.7 Å². The van der Waals surface area contributed by atoms with Crippen molar-refractivity contribution < 1.29 is 9.53 Å². The van der Waals surface area contributed by atoms with Crippen molar-refractivity contribution in [3.05, 3.63) is 11.9 Å². The fourth-order valence-corrected chi connectivity index (χ4v) is 1.47. The lowest BCUT2D eigenvalue weighted by molar-refractivity contribution is 0.0992. The minimum atomic E-state index is -0.563. The number of anilines is 1. The van der Waals surface area contributed by atoms with Crippen LogP contribution >= 0.6 is 12.2 Å². The van der Waals surface area contributed by atoms with Crippen molar-refractivity contribution in [2.75, 3.05) is 25.6 Å². The van der Waals surface area contributed by atoms with Crippen LogP contribution in [-0.2, 0) is 11.8 Å². The number of carbonyl (C=O) groups excluding carboxylic acids is 1. The molecule has 0 bridgehead atoms. The van der Waals surface area contributed by atoms with E-state index in [0.717, 1.165) is 0 Å². The summed E-state index contributed by atoms with van der Waals surface area (Å²) in [6.07, 6.45) is 1.49. The average Bonchev–Trinajstić information content (AvgIpc) is 2.60. The third kappa shape index (κ3) is 3.68. The standard InChI is InChI=1S/C9H15N5O2S/c1-14-7(8(10)15)6(5-12-14)13-9(17)11-3-4-16-2/h5H,3-4H2,1-2H3,(H2,10,15)(H2,11,13,17). The Morgan fingerprint density at radius 2 is 2.41 bits per heavy atom. The Morgan fingerprint density at radius 1 is 1.71 bits per heavy atom. The summed E-state index contributed by atoms with van der Waals surface area (Å²) in [6, 6.07) is 0. The molecule has 0 radical (unpaired) electrons. The predicted molar refractivity (Wildman–Crippen MR) is 67.8 cm³/mol. The van der Waals surface area contributed by atoms with Crippen molar-refractivity contribution >= 4 is 28.9 Å². The number of nitrogens with one attached hydrogen (secondary N) is 2. The zero-order valence-corrected chi connectivity index (χ0v) is 10.5. The van der Waals surface area contributed by atoms with Gasteiger partial charge in [0.1, 0.15) is 5.69 Å². The van der Waals surface area contributed by atoms with Gasteiger partial charge in [-0.1, -0.05) is 0 Å². The van der Waals surface area contributed by atoms with E-state index in [1.54, 1.807) is 14.2 Å². The second-order valence-corrected chi connectivity index (χ2v) is 3.68. The summed E-state index contributed by atoms with van der Waals surface area (Å²) in [5.74, 6) is -0.563. The molecular formula is C9H15N5O2S. The van der Waals surface area contributed by atoms with Crippen LogP contribution in [0, 0.1) is 0 Å². The van der Waals surface area contributed by atoms with Crippen LogP contribution in [0.3, 0.4) is 0 Å². The topological polar surface area (TPSA) is 94.2 Å². The molecule has 0 aliphatic rings. The van der Waals surface area contributed by atoms with Gasteiger partial charge in [0.15, 0.2) is 5.11 Å². The van der Waals surface area contributed by atoms with E-state index in [-0.39, 0.29) is 5.69 Å². The van der Waals surface area contributed by atoms with Gasteiger partial charge in [0.05, 0.1) is 18.5 Å². The largest absolute Gasteiger partial charge is 0.383 e. The number of carbonyl (C=O) groups is 1. The van der Waals surface area contributed by atoms with Crippen LogP contribution < -0.4 is 16.4 Å². The summed E-state index contributed by atoms with van der Waals surface area (Å²) in [7, 11) is 3.23. The number of aromatic nitrogens is 2.